The first-order valence-corrected chi connectivity index (χ1v) is 14.5. The highest BCUT2D eigenvalue weighted by molar-refractivity contribution is 8.00. The van der Waals surface area contributed by atoms with E-state index >= 15 is 0 Å². The third-order valence-electron chi connectivity index (χ3n) is 5.87. The summed E-state index contributed by atoms with van der Waals surface area (Å²) in [5, 5.41) is 26.5. The number of nitrogens with two attached hydrogens (primary N) is 1. The van der Waals surface area contributed by atoms with E-state index in [-0.39, 0.29) is 28.8 Å². The van der Waals surface area contributed by atoms with Crippen molar-refractivity contribution >= 4 is 69.5 Å². The van der Waals surface area contributed by atoms with Gasteiger partial charge in [-0.2, -0.15) is 0 Å². The molecule has 2 aromatic heterocycles. The number of thioether (sulfide) groups is 2. The minimum absolute atomic E-state index is 0.0361. The number of hydrogen-bond donors (Lipinski definition) is 4. The van der Waals surface area contributed by atoms with Crippen molar-refractivity contribution in [3.63, 3.8) is 0 Å². The maximum atomic E-state index is 13.2. The second-order valence-corrected chi connectivity index (χ2v) is 11.8. The summed E-state index contributed by atoms with van der Waals surface area (Å²) in [5.41, 5.74) is 4.05. The third kappa shape index (κ3) is 5.86. The zero-order chi connectivity index (χ0) is 28.5. The molecule has 2 unspecified atom stereocenters. The van der Waals surface area contributed by atoms with Crippen LogP contribution in [-0.2, 0) is 30.6 Å². The van der Waals surface area contributed by atoms with Crippen LogP contribution in [0, 0.1) is 0 Å². The average Bonchev–Trinajstić information content (AvgIpc) is 3.32. The van der Waals surface area contributed by atoms with Gasteiger partial charge in [0.2, 0.25) is 5.60 Å². The Morgan fingerprint density at radius 2 is 2.03 bits per heavy atom. The Balaban J connectivity index is 1.54. The van der Waals surface area contributed by atoms with Crippen molar-refractivity contribution in [2.24, 2.45) is 5.16 Å². The van der Waals surface area contributed by atoms with Gasteiger partial charge in [0.05, 0.1) is 0 Å². The average molecular weight is 594 g/mol. The van der Waals surface area contributed by atoms with Gasteiger partial charge in [-0.1, -0.05) is 5.16 Å². The summed E-state index contributed by atoms with van der Waals surface area (Å²) in [6.45, 7) is 2.79. The summed E-state index contributed by atoms with van der Waals surface area (Å²) >= 11 is 3.95. The van der Waals surface area contributed by atoms with E-state index in [1.165, 1.54) is 35.9 Å². The number of carboxylic acids is 2. The molecule has 0 aromatic carbocycles. The lowest BCUT2D eigenvalue weighted by molar-refractivity contribution is -0.689. The number of aliphatic carboxylic acids is 2. The van der Waals surface area contributed by atoms with Gasteiger partial charge in [-0.05, 0) is 20.1 Å². The van der Waals surface area contributed by atoms with Gasteiger partial charge in [0, 0.05) is 33.7 Å². The maximum absolute atomic E-state index is 13.2. The number of nitrogens with zero attached hydrogens (tertiary/aromatic N) is 4. The number of rotatable bonds is 10. The van der Waals surface area contributed by atoms with E-state index in [0.29, 0.717) is 11.3 Å². The van der Waals surface area contributed by atoms with Crippen molar-refractivity contribution in [3.05, 3.63) is 46.9 Å². The lowest BCUT2D eigenvalue weighted by Gasteiger charge is -2.49. The van der Waals surface area contributed by atoms with E-state index in [4.69, 9.17) is 10.6 Å². The topological polar surface area (TPSA) is 188 Å². The predicted octanol–water partition coefficient (Wildman–Crippen LogP) is 0.757. The van der Waals surface area contributed by atoms with Crippen molar-refractivity contribution in [2.75, 3.05) is 17.7 Å². The van der Waals surface area contributed by atoms with E-state index in [1.54, 1.807) is 11.8 Å². The largest absolute Gasteiger partial charge is 0.478 e. The first-order chi connectivity index (χ1) is 18.4. The summed E-state index contributed by atoms with van der Waals surface area (Å²) in [4.78, 5) is 61.2. The van der Waals surface area contributed by atoms with Crippen LogP contribution in [0.4, 0.5) is 5.13 Å². The van der Waals surface area contributed by atoms with Crippen LogP contribution in [0.3, 0.4) is 0 Å². The van der Waals surface area contributed by atoms with Crippen LogP contribution < -0.4 is 15.6 Å². The molecular formula is C23H25N6O7S3+. The van der Waals surface area contributed by atoms with Crippen LogP contribution in [0.25, 0.3) is 0 Å². The Morgan fingerprint density at radius 3 is 2.59 bits per heavy atom. The van der Waals surface area contributed by atoms with Crippen molar-refractivity contribution < 1.29 is 38.8 Å². The minimum atomic E-state index is -1.75. The summed E-state index contributed by atoms with van der Waals surface area (Å²) in [7, 11) is 0. The van der Waals surface area contributed by atoms with Gasteiger partial charge in [0.1, 0.15) is 22.8 Å². The number of hydrogen-bond acceptors (Lipinski definition) is 11. The van der Waals surface area contributed by atoms with Crippen molar-refractivity contribution in [2.45, 2.75) is 42.3 Å². The number of oxime groups is 1. The SMILES string of the molecule is CSc1cc[n+](CC2=C(C(=O)O)N3C(=O)C(NC(=O)/C(=N\OC(C)(C)C(=O)O)c4csc(N)n4)C3SC2)cc1. The highest BCUT2D eigenvalue weighted by Gasteiger charge is 2.55. The number of pyridine rings is 1. The molecule has 0 bridgehead atoms. The molecule has 206 valence electrons. The molecule has 0 spiro atoms. The smallest absolute Gasteiger partial charge is 0.352 e. The molecule has 2 atom stereocenters. The molecule has 2 amide bonds. The Hall–Kier alpha value is -3.63. The van der Waals surface area contributed by atoms with E-state index in [0.717, 1.165) is 16.2 Å². The molecular weight excluding hydrogens is 568 g/mol. The molecule has 2 aromatic rings. The molecule has 0 aliphatic carbocycles. The standard InChI is InChI=1S/C23H24N6O7S3/c1-23(2,21(34)35)36-27-14(13-10-39-22(24)25-13)17(30)26-15-18(31)29-16(20(32)33)11(9-38-19(15)29)8-28-6-4-12(37-3)5-7-28/h4-7,10,15,19H,8-9H2,1-3H3,(H4-,24,25,26,30,32,33,34,35)/p+1/b27-14-. The van der Waals surface area contributed by atoms with Crippen LogP contribution in [0.1, 0.15) is 19.5 Å². The van der Waals surface area contributed by atoms with Gasteiger partial charge < -0.3 is 26.1 Å². The van der Waals surface area contributed by atoms with Crippen LogP contribution in [0.5, 0.6) is 0 Å². The third-order valence-corrected chi connectivity index (χ3v) is 8.62. The second kappa shape index (κ2) is 11.2. The molecule has 2 aliphatic rings. The number of fused-ring (bicyclic) bond motifs is 1. The van der Waals surface area contributed by atoms with Gasteiger partial charge in [0.15, 0.2) is 29.8 Å². The Labute approximate surface area is 235 Å². The van der Waals surface area contributed by atoms with Crippen molar-refractivity contribution in [1.29, 1.82) is 0 Å². The minimum Gasteiger partial charge on any atom is -0.478 e. The van der Waals surface area contributed by atoms with E-state index < -0.39 is 40.8 Å². The molecule has 5 N–H and O–H groups in total. The highest BCUT2D eigenvalue weighted by atomic mass is 32.2. The fourth-order valence-electron chi connectivity index (χ4n) is 3.72. The van der Waals surface area contributed by atoms with Crippen molar-refractivity contribution in [3.8, 4) is 0 Å². The number of nitrogens with one attached hydrogen (secondary N) is 1. The molecule has 39 heavy (non-hydrogen) atoms. The van der Waals surface area contributed by atoms with Crippen LogP contribution >= 0.6 is 34.9 Å². The van der Waals surface area contributed by atoms with E-state index in [1.807, 2.05) is 35.3 Å². The van der Waals surface area contributed by atoms with Gasteiger partial charge >= 0.3 is 11.9 Å². The molecule has 0 radical (unpaired) electrons. The number of β-lactam (4-membered cyclic amide) rings is 1. The highest BCUT2D eigenvalue weighted by Crippen LogP contribution is 2.40. The van der Waals surface area contributed by atoms with Gasteiger partial charge in [-0.3, -0.25) is 14.5 Å². The first kappa shape index (κ1) is 28.4. The maximum Gasteiger partial charge on any atom is 0.352 e. The Morgan fingerprint density at radius 1 is 1.33 bits per heavy atom. The fourth-order valence-corrected chi connectivity index (χ4v) is 6.00. The van der Waals surface area contributed by atoms with Crippen LogP contribution in [0.2, 0.25) is 0 Å². The molecule has 1 saturated heterocycles. The lowest BCUT2D eigenvalue weighted by atomic mass is 10.0. The monoisotopic (exact) mass is 593 g/mol. The second-order valence-electron chi connectivity index (χ2n) is 8.95. The van der Waals surface area contributed by atoms with Gasteiger partial charge in [-0.25, -0.2) is 19.1 Å². The predicted molar refractivity (Wildman–Crippen MR) is 144 cm³/mol. The molecule has 2 aliphatic heterocycles. The number of aromatic nitrogens is 2. The molecule has 1 fully saturated rings. The quantitative estimate of drug-likeness (QED) is 0.100. The van der Waals surface area contributed by atoms with E-state index in [2.05, 4.69) is 15.5 Å². The summed E-state index contributed by atoms with van der Waals surface area (Å²) in [6, 6.07) is 2.79. The summed E-state index contributed by atoms with van der Waals surface area (Å²) < 4.78 is 1.84. The number of amides is 2. The summed E-state index contributed by atoms with van der Waals surface area (Å²) in [6.07, 6.45) is 5.64. The Bertz CT molecular complexity index is 1390. The number of nitrogen functional groups attached to an aromatic ring is 1. The van der Waals surface area contributed by atoms with Crippen molar-refractivity contribution in [1.82, 2.24) is 15.2 Å². The van der Waals surface area contributed by atoms with E-state index in [9.17, 15) is 29.4 Å². The molecule has 4 heterocycles. The Kier molecular flexibility index (Phi) is 8.17. The number of anilines is 1. The molecule has 4 rings (SSSR count). The number of thiazole rings is 1. The van der Waals surface area contributed by atoms with Crippen LogP contribution in [0.15, 0.2) is 51.2 Å². The zero-order valence-corrected chi connectivity index (χ0v) is 23.4. The normalized spacial score (nSPS) is 19.3. The van der Waals surface area contributed by atoms with Gasteiger partial charge in [0.25, 0.3) is 11.8 Å². The zero-order valence-electron chi connectivity index (χ0n) is 21.0. The summed E-state index contributed by atoms with van der Waals surface area (Å²) in [5.74, 6) is -3.66. The van der Waals surface area contributed by atoms with Crippen LogP contribution in [-0.4, -0.2) is 78.6 Å². The first-order valence-electron chi connectivity index (χ1n) is 11.4. The number of carboxylic acid groups (broad SMARTS) is 2. The molecule has 16 heteroatoms. The van der Waals surface area contributed by atoms with Gasteiger partial charge in [-0.15, -0.1) is 34.9 Å². The number of carbonyl (C=O) groups is 4. The fraction of sp³-hybridized carbons (Fsp3) is 0.348. The lowest BCUT2D eigenvalue weighted by Crippen LogP contribution is -2.71. The molecule has 13 nitrogen and oxygen atoms in total. The number of carbonyl (C=O) groups excluding carboxylic acids is 2. The molecule has 0 saturated carbocycles.